The van der Waals surface area contributed by atoms with E-state index < -0.39 is 0 Å². The third kappa shape index (κ3) is 2.98. The largest absolute Gasteiger partial charge is 0.486 e. The van der Waals surface area contributed by atoms with Crippen molar-refractivity contribution in [2.24, 2.45) is 0 Å². The van der Waals surface area contributed by atoms with Crippen molar-refractivity contribution in [1.29, 1.82) is 0 Å². The summed E-state index contributed by atoms with van der Waals surface area (Å²) in [5.41, 5.74) is 2.23. The molecular weight excluding hydrogens is 386 g/mol. The molecule has 0 fully saturated rings. The molecule has 1 aromatic heterocycles. The van der Waals surface area contributed by atoms with Gasteiger partial charge in [-0.25, -0.2) is 0 Å². The normalized spacial score (nSPS) is 13.0. The predicted molar refractivity (Wildman–Crippen MR) is 98.7 cm³/mol. The van der Waals surface area contributed by atoms with E-state index in [2.05, 4.69) is 21.2 Å². The fourth-order valence-electron chi connectivity index (χ4n) is 2.96. The molecule has 1 N–H and O–H groups in total. The van der Waals surface area contributed by atoms with Crippen molar-refractivity contribution in [3.05, 3.63) is 52.2 Å². The van der Waals surface area contributed by atoms with Gasteiger partial charge in [-0.3, -0.25) is 4.79 Å². The van der Waals surface area contributed by atoms with Crippen LogP contribution in [0.25, 0.3) is 11.0 Å². The zero-order chi connectivity index (χ0) is 17.4. The molecule has 4 rings (SSSR count). The number of furan rings is 1. The van der Waals surface area contributed by atoms with E-state index in [9.17, 15) is 4.79 Å². The van der Waals surface area contributed by atoms with Crippen molar-refractivity contribution in [2.75, 3.05) is 18.5 Å². The highest BCUT2D eigenvalue weighted by Crippen LogP contribution is 2.34. The second kappa shape index (κ2) is 6.44. The molecular formula is C19H16BrNO4. The zero-order valence-corrected chi connectivity index (χ0v) is 15.2. The van der Waals surface area contributed by atoms with Gasteiger partial charge in [0, 0.05) is 27.2 Å². The van der Waals surface area contributed by atoms with Crippen LogP contribution in [0.3, 0.4) is 0 Å². The third-order valence-electron chi connectivity index (χ3n) is 4.11. The summed E-state index contributed by atoms with van der Waals surface area (Å²) in [6, 6.07) is 11.1. The molecule has 0 spiro atoms. The Bertz CT molecular complexity index is 963. The highest BCUT2D eigenvalue weighted by molar-refractivity contribution is 9.10. The Balaban J connectivity index is 1.66. The number of hydrogen-bond donors (Lipinski definition) is 1. The van der Waals surface area contributed by atoms with Gasteiger partial charge < -0.3 is 19.2 Å². The molecule has 0 unspecified atom stereocenters. The maximum Gasteiger partial charge on any atom is 0.291 e. The second-order valence-corrected chi connectivity index (χ2v) is 6.63. The van der Waals surface area contributed by atoms with Crippen LogP contribution < -0.4 is 14.8 Å². The number of carbonyl (C=O) groups excluding carboxylic acids is 1. The Kier molecular flexibility index (Phi) is 4.13. The highest BCUT2D eigenvalue weighted by Gasteiger charge is 2.20. The Morgan fingerprint density at radius 2 is 1.92 bits per heavy atom. The zero-order valence-electron chi connectivity index (χ0n) is 13.6. The topological polar surface area (TPSA) is 60.7 Å². The van der Waals surface area contributed by atoms with Gasteiger partial charge in [0.2, 0.25) is 0 Å². The first-order valence-electron chi connectivity index (χ1n) is 8.07. The number of carbonyl (C=O) groups is 1. The average molecular weight is 402 g/mol. The first kappa shape index (κ1) is 16.0. The van der Waals surface area contributed by atoms with Crippen molar-refractivity contribution < 1.29 is 18.7 Å². The van der Waals surface area contributed by atoms with Crippen molar-refractivity contribution in [2.45, 2.75) is 13.3 Å². The lowest BCUT2D eigenvalue weighted by molar-refractivity contribution is 0.0997. The fourth-order valence-corrected chi connectivity index (χ4v) is 3.33. The van der Waals surface area contributed by atoms with Gasteiger partial charge in [-0.2, -0.15) is 0 Å². The molecule has 0 bridgehead atoms. The van der Waals surface area contributed by atoms with E-state index >= 15 is 0 Å². The van der Waals surface area contributed by atoms with Crippen LogP contribution in [0.4, 0.5) is 5.69 Å². The molecule has 1 aliphatic rings. The molecule has 3 aromatic rings. The number of aryl methyl sites for hydroxylation is 1. The van der Waals surface area contributed by atoms with Gasteiger partial charge in [-0.05, 0) is 36.8 Å². The minimum absolute atomic E-state index is 0.277. The van der Waals surface area contributed by atoms with Crippen molar-refractivity contribution >= 4 is 38.5 Å². The minimum Gasteiger partial charge on any atom is -0.486 e. The number of halogens is 1. The fraction of sp³-hybridized carbons (Fsp3) is 0.211. The maximum absolute atomic E-state index is 12.7. The molecule has 0 saturated carbocycles. The Morgan fingerprint density at radius 3 is 2.72 bits per heavy atom. The van der Waals surface area contributed by atoms with Gasteiger partial charge >= 0.3 is 0 Å². The maximum atomic E-state index is 12.7. The minimum atomic E-state index is -0.277. The molecule has 1 aliphatic heterocycles. The average Bonchev–Trinajstić information content (AvgIpc) is 2.99. The van der Waals surface area contributed by atoms with Crippen molar-refractivity contribution in [1.82, 2.24) is 0 Å². The van der Waals surface area contributed by atoms with Crippen LogP contribution in [0.2, 0.25) is 0 Å². The van der Waals surface area contributed by atoms with E-state index in [0.717, 1.165) is 15.4 Å². The number of amides is 1. The molecule has 25 heavy (non-hydrogen) atoms. The lowest BCUT2D eigenvalue weighted by Crippen LogP contribution is -2.16. The van der Waals surface area contributed by atoms with Gasteiger partial charge in [0.15, 0.2) is 17.3 Å². The van der Waals surface area contributed by atoms with Gasteiger partial charge in [0.1, 0.15) is 18.8 Å². The van der Waals surface area contributed by atoms with Crippen LogP contribution in [0.1, 0.15) is 23.0 Å². The number of anilines is 1. The molecule has 5 nitrogen and oxygen atoms in total. The summed E-state index contributed by atoms with van der Waals surface area (Å²) in [6.07, 6.45) is 0.702. The summed E-state index contributed by atoms with van der Waals surface area (Å²) >= 11 is 3.46. The molecule has 2 aromatic carbocycles. The number of hydrogen-bond acceptors (Lipinski definition) is 4. The van der Waals surface area contributed by atoms with Crippen LogP contribution in [0, 0.1) is 0 Å². The number of fused-ring (bicyclic) bond motifs is 2. The summed E-state index contributed by atoms with van der Waals surface area (Å²) in [7, 11) is 0. The molecule has 2 heterocycles. The Hall–Kier alpha value is -2.47. The van der Waals surface area contributed by atoms with Crippen LogP contribution in [-0.2, 0) is 6.42 Å². The summed E-state index contributed by atoms with van der Waals surface area (Å²) in [6.45, 7) is 3.04. The van der Waals surface area contributed by atoms with Gasteiger partial charge in [0.25, 0.3) is 5.91 Å². The van der Waals surface area contributed by atoms with E-state index in [1.807, 2.05) is 25.1 Å². The second-order valence-electron chi connectivity index (χ2n) is 5.72. The first-order chi connectivity index (χ1) is 12.2. The van der Waals surface area contributed by atoms with Crippen LogP contribution in [0.5, 0.6) is 11.5 Å². The van der Waals surface area contributed by atoms with E-state index in [1.54, 1.807) is 18.2 Å². The molecule has 6 heteroatoms. The van der Waals surface area contributed by atoms with Gasteiger partial charge in [-0.1, -0.05) is 22.9 Å². The summed E-state index contributed by atoms with van der Waals surface area (Å²) in [4.78, 5) is 12.7. The summed E-state index contributed by atoms with van der Waals surface area (Å²) < 4.78 is 17.8. The van der Waals surface area contributed by atoms with Crippen molar-refractivity contribution in [3.63, 3.8) is 0 Å². The Labute approximate surface area is 153 Å². The predicted octanol–water partition coefficient (Wildman–Crippen LogP) is 4.78. The number of rotatable bonds is 3. The number of nitrogens with one attached hydrogen (secondary N) is 1. The van der Waals surface area contributed by atoms with Crippen LogP contribution >= 0.6 is 15.9 Å². The summed E-state index contributed by atoms with van der Waals surface area (Å²) in [5.74, 6) is 1.38. The first-order valence-corrected chi connectivity index (χ1v) is 8.87. The van der Waals surface area contributed by atoms with Crippen LogP contribution in [-0.4, -0.2) is 19.1 Å². The van der Waals surface area contributed by atoms with Gasteiger partial charge in [-0.15, -0.1) is 0 Å². The number of ether oxygens (including phenoxy) is 2. The van der Waals surface area contributed by atoms with E-state index in [1.165, 1.54) is 0 Å². The molecule has 0 atom stereocenters. The van der Waals surface area contributed by atoms with Gasteiger partial charge in [0.05, 0.1) is 0 Å². The van der Waals surface area contributed by atoms with E-state index in [4.69, 9.17) is 13.9 Å². The quantitative estimate of drug-likeness (QED) is 0.685. The smallest absolute Gasteiger partial charge is 0.291 e. The summed E-state index contributed by atoms with van der Waals surface area (Å²) in [5, 5.41) is 3.83. The monoisotopic (exact) mass is 401 g/mol. The van der Waals surface area contributed by atoms with E-state index in [-0.39, 0.29) is 5.91 Å². The molecule has 128 valence electrons. The molecule has 0 aliphatic carbocycles. The standard InChI is InChI=1S/C19H16BrNO4/c1-2-13-14-9-11(20)3-5-15(14)25-18(13)19(22)21-12-4-6-16-17(10-12)24-8-7-23-16/h3-6,9-10H,2,7-8H2,1H3,(H,21,22). The SMILES string of the molecule is CCc1c(C(=O)Nc2ccc3c(c2)OCCO3)oc2ccc(Br)cc12. The van der Waals surface area contributed by atoms with Crippen molar-refractivity contribution in [3.8, 4) is 11.5 Å². The van der Waals surface area contributed by atoms with E-state index in [0.29, 0.717) is 48.2 Å². The molecule has 0 saturated heterocycles. The molecule has 0 radical (unpaired) electrons. The lowest BCUT2D eigenvalue weighted by Gasteiger charge is -2.18. The number of benzene rings is 2. The van der Waals surface area contributed by atoms with Crippen LogP contribution in [0.15, 0.2) is 45.3 Å². The third-order valence-corrected chi connectivity index (χ3v) is 4.61. The lowest BCUT2D eigenvalue weighted by atomic mass is 10.1. The Morgan fingerprint density at radius 1 is 1.12 bits per heavy atom. The molecule has 1 amide bonds. The highest BCUT2D eigenvalue weighted by atomic mass is 79.9.